The molecular formula is C28H32ClN11O. The quantitative estimate of drug-likeness (QED) is 0.252. The summed E-state index contributed by atoms with van der Waals surface area (Å²) in [5, 5.41) is 27.3. The molecule has 12 nitrogen and oxygen atoms in total. The summed E-state index contributed by atoms with van der Waals surface area (Å²) in [7, 11) is 0. The van der Waals surface area contributed by atoms with Crippen LogP contribution in [-0.4, -0.2) is 81.3 Å². The lowest BCUT2D eigenvalue weighted by Gasteiger charge is -2.37. The van der Waals surface area contributed by atoms with E-state index in [1.54, 1.807) is 16.8 Å². The summed E-state index contributed by atoms with van der Waals surface area (Å²) in [5.74, 6) is 1.41. The second kappa shape index (κ2) is 11.7. The maximum absolute atomic E-state index is 12.8. The lowest BCUT2D eigenvalue weighted by Crippen LogP contribution is -2.48. The molecule has 2 aliphatic heterocycles. The normalized spacial score (nSPS) is 18.2. The monoisotopic (exact) mass is 573 g/mol. The SMILES string of the molecule is N=Cc1cc(Nc2nc(NC3CC3)c3ncc(C=N)n3n2)c(Cl)c(N2CCN(C(=O)CCCC3C=CN=C3)CC2)c1. The number of halogens is 1. The molecule has 212 valence electrons. The number of nitrogens with one attached hydrogen (secondary N) is 4. The van der Waals surface area contributed by atoms with Gasteiger partial charge in [0.25, 0.3) is 0 Å². The standard InChI is InChI=1S/C28H32ClN11O/c29-25-22(35-28-36-26(34-20-4-5-20)27-33-17-21(15-31)40(27)37-28)12-19(14-30)13-23(25)38-8-10-39(11-9-38)24(41)3-1-2-18-6-7-32-16-18/h6-7,12-18,20,30-31H,1-5,8-11H2,(H2,34,35,36,37). The second-order valence-corrected chi connectivity index (χ2v) is 10.9. The van der Waals surface area contributed by atoms with Crippen molar-refractivity contribution in [2.75, 3.05) is 41.7 Å². The van der Waals surface area contributed by atoms with Gasteiger partial charge in [-0.1, -0.05) is 17.7 Å². The van der Waals surface area contributed by atoms with E-state index in [0.717, 1.165) is 31.4 Å². The van der Waals surface area contributed by atoms with Crippen molar-refractivity contribution >= 4 is 64.9 Å². The molecule has 1 aliphatic carbocycles. The summed E-state index contributed by atoms with van der Waals surface area (Å²) in [6.07, 6.45) is 14.3. The fraction of sp³-hybridized carbons (Fsp3) is 0.393. The van der Waals surface area contributed by atoms with Crippen molar-refractivity contribution < 1.29 is 4.79 Å². The number of anilines is 4. The molecule has 6 rings (SSSR count). The molecule has 3 aliphatic rings. The molecule has 1 atom stereocenters. The van der Waals surface area contributed by atoms with Gasteiger partial charge in [-0.25, -0.2) is 9.50 Å². The van der Waals surface area contributed by atoms with Gasteiger partial charge in [0.2, 0.25) is 11.9 Å². The molecule has 2 aromatic heterocycles. The van der Waals surface area contributed by atoms with Crippen molar-refractivity contribution in [2.24, 2.45) is 10.9 Å². The van der Waals surface area contributed by atoms with E-state index in [-0.39, 0.29) is 5.91 Å². The molecule has 4 N–H and O–H groups in total. The van der Waals surface area contributed by atoms with Crippen molar-refractivity contribution in [2.45, 2.75) is 38.1 Å². The summed E-state index contributed by atoms with van der Waals surface area (Å²) >= 11 is 6.94. The van der Waals surface area contributed by atoms with E-state index in [1.807, 2.05) is 23.4 Å². The Bertz CT molecular complexity index is 1520. The highest BCUT2D eigenvalue weighted by Gasteiger charge is 2.26. The summed E-state index contributed by atoms with van der Waals surface area (Å²) in [6, 6.07) is 4.03. The first-order valence-electron chi connectivity index (χ1n) is 13.9. The molecule has 1 amide bonds. The molecule has 1 aromatic carbocycles. The predicted octanol–water partition coefficient (Wildman–Crippen LogP) is 4.12. The summed E-state index contributed by atoms with van der Waals surface area (Å²) in [6.45, 7) is 2.50. The molecule has 13 heteroatoms. The maximum atomic E-state index is 12.8. The number of fused-ring (bicyclic) bond motifs is 1. The Morgan fingerprint density at radius 2 is 1.98 bits per heavy atom. The fourth-order valence-corrected chi connectivity index (χ4v) is 5.38. The molecule has 41 heavy (non-hydrogen) atoms. The lowest BCUT2D eigenvalue weighted by atomic mass is 10.0. The van der Waals surface area contributed by atoms with Gasteiger partial charge in [-0.05, 0) is 43.4 Å². The highest BCUT2D eigenvalue weighted by molar-refractivity contribution is 6.36. The number of nitrogens with zero attached hydrogens (tertiary/aromatic N) is 7. The molecule has 0 spiro atoms. The third-order valence-corrected chi connectivity index (χ3v) is 7.94. The highest BCUT2D eigenvalue weighted by atomic mass is 35.5. The second-order valence-electron chi connectivity index (χ2n) is 10.5. The van der Waals surface area contributed by atoms with E-state index in [4.69, 9.17) is 22.4 Å². The Hall–Kier alpha value is -4.32. The van der Waals surface area contributed by atoms with Crippen molar-refractivity contribution in [1.29, 1.82) is 10.8 Å². The Morgan fingerprint density at radius 1 is 1.15 bits per heavy atom. The van der Waals surface area contributed by atoms with Crippen LogP contribution in [0.15, 0.2) is 35.6 Å². The minimum Gasteiger partial charge on any atom is -0.367 e. The van der Waals surface area contributed by atoms with E-state index in [2.05, 4.69) is 41.7 Å². The smallest absolute Gasteiger partial charge is 0.247 e. The van der Waals surface area contributed by atoms with Crippen LogP contribution in [0.1, 0.15) is 43.4 Å². The van der Waals surface area contributed by atoms with Gasteiger partial charge in [0.15, 0.2) is 11.5 Å². The van der Waals surface area contributed by atoms with Crippen LogP contribution < -0.4 is 15.5 Å². The van der Waals surface area contributed by atoms with E-state index in [1.165, 1.54) is 12.4 Å². The van der Waals surface area contributed by atoms with Crippen LogP contribution in [0.2, 0.25) is 5.02 Å². The number of carbonyl (C=O) groups is 1. The maximum Gasteiger partial charge on any atom is 0.247 e. The van der Waals surface area contributed by atoms with Crippen LogP contribution >= 0.6 is 11.6 Å². The predicted molar refractivity (Wildman–Crippen MR) is 162 cm³/mol. The Kier molecular flexibility index (Phi) is 7.64. The largest absolute Gasteiger partial charge is 0.367 e. The van der Waals surface area contributed by atoms with Crippen LogP contribution in [-0.2, 0) is 4.79 Å². The van der Waals surface area contributed by atoms with Crippen LogP contribution in [0.4, 0.5) is 23.1 Å². The topological polar surface area (TPSA) is 151 Å². The third kappa shape index (κ3) is 5.92. The van der Waals surface area contributed by atoms with Gasteiger partial charge in [0, 0.05) is 69.4 Å². The van der Waals surface area contributed by atoms with Crippen molar-refractivity contribution in [3.8, 4) is 0 Å². The molecular weight excluding hydrogens is 542 g/mol. The molecule has 1 saturated heterocycles. The third-order valence-electron chi connectivity index (χ3n) is 7.54. The first-order valence-corrected chi connectivity index (χ1v) is 14.3. The Balaban J connectivity index is 1.17. The number of amides is 1. The van der Waals surface area contributed by atoms with Gasteiger partial charge in [0.1, 0.15) is 5.69 Å². The number of imidazole rings is 1. The van der Waals surface area contributed by atoms with E-state index in [9.17, 15) is 4.79 Å². The average molecular weight is 574 g/mol. The number of rotatable bonds is 11. The number of aliphatic imine (C=N–C) groups is 1. The molecule has 3 aromatic rings. The van der Waals surface area contributed by atoms with Crippen LogP contribution in [0.25, 0.3) is 5.65 Å². The van der Waals surface area contributed by atoms with E-state index < -0.39 is 0 Å². The number of hydrogen-bond donors (Lipinski definition) is 4. The molecule has 2 fully saturated rings. The van der Waals surface area contributed by atoms with E-state index in [0.29, 0.717) is 83.9 Å². The van der Waals surface area contributed by atoms with Gasteiger partial charge in [-0.2, -0.15) is 4.98 Å². The number of hydrogen-bond acceptors (Lipinski definition) is 10. The number of allylic oxidation sites excluding steroid dienone is 1. The van der Waals surface area contributed by atoms with Crippen LogP contribution in [0.5, 0.6) is 0 Å². The van der Waals surface area contributed by atoms with Crippen molar-refractivity contribution in [3.05, 3.63) is 46.9 Å². The number of benzene rings is 1. The van der Waals surface area contributed by atoms with Gasteiger partial charge in [-0.15, -0.1) is 5.10 Å². The molecule has 1 unspecified atom stereocenters. The van der Waals surface area contributed by atoms with Gasteiger partial charge < -0.3 is 31.3 Å². The Labute approximate surface area is 242 Å². The molecule has 4 heterocycles. The number of piperazine rings is 1. The zero-order valence-corrected chi connectivity index (χ0v) is 23.3. The highest BCUT2D eigenvalue weighted by Crippen LogP contribution is 2.36. The van der Waals surface area contributed by atoms with Crippen molar-refractivity contribution in [3.63, 3.8) is 0 Å². The first-order chi connectivity index (χ1) is 20.0. The first kappa shape index (κ1) is 26.9. The zero-order valence-electron chi connectivity index (χ0n) is 22.6. The molecule has 1 saturated carbocycles. The number of carbonyl (C=O) groups excluding carboxylic acids is 1. The minimum absolute atomic E-state index is 0.178. The van der Waals surface area contributed by atoms with Crippen LogP contribution in [0, 0.1) is 16.7 Å². The average Bonchev–Trinajstić information content (AvgIpc) is 3.46. The van der Waals surface area contributed by atoms with Gasteiger partial charge >= 0.3 is 0 Å². The molecule has 0 bridgehead atoms. The number of aromatic nitrogens is 4. The van der Waals surface area contributed by atoms with Gasteiger partial charge in [-0.3, -0.25) is 9.79 Å². The van der Waals surface area contributed by atoms with E-state index >= 15 is 0 Å². The summed E-state index contributed by atoms with van der Waals surface area (Å²) < 4.78 is 1.58. The Morgan fingerprint density at radius 3 is 2.68 bits per heavy atom. The minimum atomic E-state index is 0.178. The van der Waals surface area contributed by atoms with Crippen LogP contribution in [0.3, 0.4) is 0 Å². The van der Waals surface area contributed by atoms with Crippen molar-refractivity contribution in [1.82, 2.24) is 24.5 Å². The summed E-state index contributed by atoms with van der Waals surface area (Å²) in [5.41, 5.74) is 3.11. The summed E-state index contributed by atoms with van der Waals surface area (Å²) in [4.78, 5) is 30.0. The van der Waals surface area contributed by atoms with Gasteiger partial charge in [0.05, 0.1) is 22.6 Å². The lowest BCUT2D eigenvalue weighted by molar-refractivity contribution is -0.131. The molecule has 0 radical (unpaired) electrons. The zero-order chi connectivity index (χ0) is 28.3. The fourth-order valence-electron chi connectivity index (χ4n) is 5.11.